The molecule has 1 saturated heterocycles. The monoisotopic (exact) mass is 320 g/mol. The van der Waals surface area contributed by atoms with Crippen molar-refractivity contribution in [3.05, 3.63) is 23.8 Å². The Morgan fingerprint density at radius 3 is 2.83 bits per heavy atom. The fourth-order valence-corrected chi connectivity index (χ4v) is 2.97. The Bertz CT molecular complexity index is 582. The van der Waals surface area contributed by atoms with Crippen LogP contribution < -0.4 is 20.1 Å². The molecule has 0 bridgehead atoms. The maximum Gasteiger partial charge on any atom is 0.315 e. The van der Waals surface area contributed by atoms with Gasteiger partial charge in [0.2, 0.25) is 6.79 Å². The molecular formula is C17H24N2O4. The van der Waals surface area contributed by atoms with Crippen molar-refractivity contribution >= 4 is 6.03 Å². The largest absolute Gasteiger partial charge is 0.454 e. The number of urea groups is 1. The van der Waals surface area contributed by atoms with E-state index < -0.39 is 5.54 Å². The number of hydrogen-bond acceptors (Lipinski definition) is 4. The summed E-state index contributed by atoms with van der Waals surface area (Å²) in [5, 5.41) is 5.99. The Morgan fingerprint density at radius 1 is 1.30 bits per heavy atom. The number of hydrogen-bond donors (Lipinski definition) is 2. The van der Waals surface area contributed by atoms with Crippen LogP contribution in [0.2, 0.25) is 0 Å². The average Bonchev–Trinajstić information content (AvgIpc) is 3.17. The highest BCUT2D eigenvalue weighted by Crippen LogP contribution is 2.35. The molecule has 2 heterocycles. The van der Waals surface area contributed by atoms with Gasteiger partial charge in [0, 0.05) is 6.61 Å². The summed E-state index contributed by atoms with van der Waals surface area (Å²) in [4.78, 5) is 12.3. The molecule has 2 amide bonds. The van der Waals surface area contributed by atoms with Crippen LogP contribution in [0.3, 0.4) is 0 Å². The highest BCUT2D eigenvalue weighted by atomic mass is 16.7. The van der Waals surface area contributed by atoms with Crippen LogP contribution in [-0.4, -0.2) is 31.6 Å². The molecule has 0 aliphatic carbocycles. The van der Waals surface area contributed by atoms with Crippen molar-refractivity contribution in [2.24, 2.45) is 0 Å². The lowest BCUT2D eigenvalue weighted by Crippen LogP contribution is -2.51. The number of carbonyl (C=O) groups excluding carboxylic acids is 1. The standard InChI is InChI=1S/C17H24N2O4/c1-11(13-5-4-8-21-13)18-16(20)19-17(2,3)12-6-7-14-15(9-12)23-10-22-14/h6-7,9,11,13H,4-5,8,10H2,1-3H3,(H2,18,19,20)/t11-,13+/m1/s1. The van der Waals surface area contributed by atoms with E-state index in [-0.39, 0.29) is 25.0 Å². The smallest absolute Gasteiger partial charge is 0.315 e. The third-order valence-corrected chi connectivity index (χ3v) is 4.40. The minimum absolute atomic E-state index is 0.00921. The van der Waals surface area contributed by atoms with E-state index in [2.05, 4.69) is 10.6 Å². The van der Waals surface area contributed by atoms with Crippen LogP contribution in [-0.2, 0) is 10.3 Å². The summed E-state index contributed by atoms with van der Waals surface area (Å²) in [6, 6.07) is 5.51. The molecule has 6 nitrogen and oxygen atoms in total. The van der Waals surface area contributed by atoms with Crippen LogP contribution >= 0.6 is 0 Å². The first-order valence-corrected chi connectivity index (χ1v) is 8.06. The Kier molecular flexibility index (Phi) is 4.35. The van der Waals surface area contributed by atoms with Crippen molar-refractivity contribution in [1.29, 1.82) is 0 Å². The number of amides is 2. The van der Waals surface area contributed by atoms with Gasteiger partial charge in [-0.2, -0.15) is 0 Å². The van der Waals surface area contributed by atoms with Gasteiger partial charge in [-0.1, -0.05) is 6.07 Å². The molecule has 1 fully saturated rings. The molecule has 1 aromatic carbocycles. The number of carbonyl (C=O) groups is 1. The third kappa shape index (κ3) is 3.52. The molecule has 1 aromatic rings. The minimum Gasteiger partial charge on any atom is -0.454 e. The molecular weight excluding hydrogens is 296 g/mol. The Hall–Kier alpha value is -1.95. The van der Waals surface area contributed by atoms with Gasteiger partial charge < -0.3 is 24.8 Å². The molecule has 2 N–H and O–H groups in total. The topological polar surface area (TPSA) is 68.8 Å². The molecule has 0 unspecified atom stereocenters. The summed E-state index contributed by atoms with van der Waals surface area (Å²) in [5.41, 5.74) is 0.433. The van der Waals surface area contributed by atoms with Gasteiger partial charge >= 0.3 is 6.03 Å². The first kappa shape index (κ1) is 15.9. The average molecular weight is 320 g/mol. The van der Waals surface area contributed by atoms with Crippen molar-refractivity contribution in [2.75, 3.05) is 13.4 Å². The molecule has 0 aromatic heterocycles. The van der Waals surface area contributed by atoms with Crippen LogP contribution in [0, 0.1) is 0 Å². The van der Waals surface area contributed by atoms with E-state index >= 15 is 0 Å². The van der Waals surface area contributed by atoms with Crippen LogP contribution in [0.4, 0.5) is 4.79 Å². The van der Waals surface area contributed by atoms with Crippen molar-refractivity contribution in [1.82, 2.24) is 10.6 Å². The quantitative estimate of drug-likeness (QED) is 0.894. The predicted octanol–water partition coefficient (Wildman–Crippen LogP) is 2.52. The van der Waals surface area contributed by atoms with E-state index in [1.54, 1.807) is 0 Å². The molecule has 2 atom stereocenters. The minimum atomic E-state index is -0.526. The van der Waals surface area contributed by atoms with E-state index in [0.717, 1.165) is 30.8 Å². The second-order valence-electron chi connectivity index (χ2n) is 6.63. The first-order valence-electron chi connectivity index (χ1n) is 8.06. The zero-order chi connectivity index (χ0) is 16.4. The fraction of sp³-hybridized carbons (Fsp3) is 0.588. The van der Waals surface area contributed by atoms with Crippen molar-refractivity contribution in [3.8, 4) is 11.5 Å². The normalized spacial score (nSPS) is 21.1. The summed E-state index contributed by atoms with van der Waals surface area (Å²) in [5.74, 6) is 1.45. The Balaban J connectivity index is 1.62. The van der Waals surface area contributed by atoms with E-state index in [1.165, 1.54) is 0 Å². The first-order chi connectivity index (χ1) is 11.0. The summed E-state index contributed by atoms with van der Waals surface area (Å²) >= 11 is 0. The van der Waals surface area contributed by atoms with Gasteiger partial charge in [-0.15, -0.1) is 0 Å². The lowest BCUT2D eigenvalue weighted by molar-refractivity contribution is 0.0855. The lowest BCUT2D eigenvalue weighted by Gasteiger charge is -2.29. The lowest BCUT2D eigenvalue weighted by atomic mass is 9.94. The van der Waals surface area contributed by atoms with Gasteiger partial charge in [0.15, 0.2) is 11.5 Å². The Labute approximate surface area is 136 Å². The van der Waals surface area contributed by atoms with Crippen molar-refractivity contribution < 1.29 is 19.0 Å². The second kappa shape index (κ2) is 6.28. The molecule has 0 saturated carbocycles. The predicted molar refractivity (Wildman–Crippen MR) is 85.7 cm³/mol. The number of ether oxygens (including phenoxy) is 3. The summed E-state index contributed by atoms with van der Waals surface area (Å²) in [7, 11) is 0. The van der Waals surface area contributed by atoms with Crippen LogP contribution in [0.5, 0.6) is 11.5 Å². The van der Waals surface area contributed by atoms with Gasteiger partial charge in [0.05, 0.1) is 17.7 Å². The molecule has 3 rings (SSSR count). The van der Waals surface area contributed by atoms with E-state index in [4.69, 9.17) is 14.2 Å². The van der Waals surface area contributed by atoms with Gasteiger partial charge in [-0.3, -0.25) is 0 Å². The summed E-state index contributed by atoms with van der Waals surface area (Å²) in [6.45, 7) is 6.91. The van der Waals surface area contributed by atoms with Gasteiger partial charge in [0.25, 0.3) is 0 Å². The highest BCUT2D eigenvalue weighted by molar-refractivity contribution is 5.75. The summed E-state index contributed by atoms with van der Waals surface area (Å²) in [6.07, 6.45) is 2.16. The molecule has 0 spiro atoms. The zero-order valence-electron chi connectivity index (χ0n) is 13.8. The number of fused-ring (bicyclic) bond motifs is 1. The second-order valence-corrected chi connectivity index (χ2v) is 6.63. The van der Waals surface area contributed by atoms with Crippen LogP contribution in [0.1, 0.15) is 39.2 Å². The maximum atomic E-state index is 12.3. The van der Waals surface area contributed by atoms with E-state index in [9.17, 15) is 4.79 Å². The molecule has 2 aliphatic rings. The maximum absolute atomic E-state index is 12.3. The van der Waals surface area contributed by atoms with E-state index in [1.807, 2.05) is 39.0 Å². The Morgan fingerprint density at radius 2 is 2.09 bits per heavy atom. The van der Waals surface area contributed by atoms with Crippen molar-refractivity contribution in [3.63, 3.8) is 0 Å². The SMILES string of the molecule is C[C@@H](NC(=O)NC(C)(C)c1ccc2c(c1)OCO2)[C@@H]1CCCO1. The molecule has 0 radical (unpaired) electrons. The van der Waals surface area contributed by atoms with Gasteiger partial charge in [0.1, 0.15) is 0 Å². The molecule has 23 heavy (non-hydrogen) atoms. The van der Waals surface area contributed by atoms with Gasteiger partial charge in [-0.25, -0.2) is 4.79 Å². The third-order valence-electron chi connectivity index (χ3n) is 4.40. The van der Waals surface area contributed by atoms with E-state index in [0.29, 0.717) is 5.75 Å². The fourth-order valence-electron chi connectivity index (χ4n) is 2.97. The van der Waals surface area contributed by atoms with Crippen molar-refractivity contribution in [2.45, 2.75) is 51.3 Å². The molecule has 2 aliphatic heterocycles. The highest BCUT2D eigenvalue weighted by Gasteiger charge is 2.28. The number of benzene rings is 1. The number of rotatable bonds is 4. The van der Waals surface area contributed by atoms with Gasteiger partial charge in [-0.05, 0) is 51.3 Å². The number of nitrogens with one attached hydrogen (secondary N) is 2. The molecule has 6 heteroatoms. The van der Waals surface area contributed by atoms with Crippen LogP contribution in [0.15, 0.2) is 18.2 Å². The molecule has 126 valence electrons. The zero-order valence-corrected chi connectivity index (χ0v) is 13.8. The summed E-state index contributed by atoms with van der Waals surface area (Å²) < 4.78 is 16.3. The van der Waals surface area contributed by atoms with Crippen LogP contribution in [0.25, 0.3) is 0 Å².